The van der Waals surface area contributed by atoms with Crippen molar-refractivity contribution in [3.63, 3.8) is 0 Å². The van der Waals surface area contributed by atoms with Gasteiger partial charge in [-0.3, -0.25) is 4.79 Å². The van der Waals surface area contributed by atoms with Crippen molar-refractivity contribution in [2.45, 2.75) is 33.6 Å². The molecular formula is C14H17NO2. The molecule has 0 aliphatic rings. The summed E-state index contributed by atoms with van der Waals surface area (Å²) in [7, 11) is 0. The molecule has 2 aromatic rings. The predicted molar refractivity (Wildman–Crippen MR) is 68.3 cm³/mol. The predicted octanol–water partition coefficient (Wildman–Crippen LogP) is 3.49. The van der Waals surface area contributed by atoms with Crippen LogP contribution in [0.4, 0.5) is 0 Å². The van der Waals surface area contributed by atoms with Crippen molar-refractivity contribution in [2.24, 2.45) is 0 Å². The molecule has 0 amide bonds. The Morgan fingerprint density at radius 3 is 2.82 bits per heavy atom. The van der Waals surface area contributed by atoms with E-state index in [-0.39, 0.29) is 5.97 Å². The van der Waals surface area contributed by atoms with Crippen LogP contribution in [-0.4, -0.2) is 11.0 Å². The number of H-pyrrole nitrogens is 1. The molecule has 2 rings (SSSR count). The standard InChI is InChI=1S/C14H17NO2/c1-4-5-13(16)17-14-10(3)15-12-7-6-9(2)8-11(12)14/h6-8,15H,4-5H2,1-3H3. The summed E-state index contributed by atoms with van der Waals surface area (Å²) in [4.78, 5) is 14.8. The smallest absolute Gasteiger partial charge is 0.311 e. The molecule has 0 radical (unpaired) electrons. The fraction of sp³-hybridized carbons (Fsp3) is 0.357. The molecule has 90 valence electrons. The topological polar surface area (TPSA) is 42.1 Å². The highest BCUT2D eigenvalue weighted by atomic mass is 16.5. The van der Waals surface area contributed by atoms with Gasteiger partial charge in [-0.15, -0.1) is 0 Å². The number of fused-ring (bicyclic) bond motifs is 1. The van der Waals surface area contributed by atoms with Crippen molar-refractivity contribution in [1.82, 2.24) is 4.98 Å². The second-order valence-electron chi connectivity index (χ2n) is 4.35. The molecule has 0 aliphatic carbocycles. The zero-order valence-electron chi connectivity index (χ0n) is 10.5. The third kappa shape index (κ3) is 2.33. The van der Waals surface area contributed by atoms with Gasteiger partial charge in [0.05, 0.1) is 5.69 Å². The molecule has 0 fully saturated rings. The first kappa shape index (κ1) is 11.7. The number of esters is 1. The molecule has 3 nitrogen and oxygen atoms in total. The Bertz CT molecular complexity index is 555. The van der Waals surface area contributed by atoms with Crippen molar-refractivity contribution in [3.8, 4) is 5.75 Å². The molecule has 0 aliphatic heterocycles. The van der Waals surface area contributed by atoms with Crippen molar-refractivity contribution in [3.05, 3.63) is 29.5 Å². The minimum Gasteiger partial charge on any atom is -0.424 e. The molecule has 1 aromatic carbocycles. The Morgan fingerprint density at radius 2 is 2.12 bits per heavy atom. The Kier molecular flexibility index (Phi) is 3.18. The summed E-state index contributed by atoms with van der Waals surface area (Å²) in [6, 6.07) is 6.08. The monoisotopic (exact) mass is 231 g/mol. The van der Waals surface area contributed by atoms with E-state index in [4.69, 9.17) is 4.74 Å². The van der Waals surface area contributed by atoms with E-state index in [1.165, 1.54) is 0 Å². The van der Waals surface area contributed by atoms with Gasteiger partial charge in [-0.1, -0.05) is 18.6 Å². The van der Waals surface area contributed by atoms with Crippen molar-refractivity contribution in [1.29, 1.82) is 0 Å². The Balaban J connectivity index is 2.41. The van der Waals surface area contributed by atoms with Gasteiger partial charge >= 0.3 is 5.97 Å². The number of carbonyl (C=O) groups excluding carboxylic acids is 1. The number of aromatic nitrogens is 1. The number of rotatable bonds is 3. The van der Waals surface area contributed by atoms with E-state index in [2.05, 4.69) is 4.98 Å². The van der Waals surface area contributed by atoms with Crippen LogP contribution in [0, 0.1) is 13.8 Å². The number of hydrogen-bond acceptors (Lipinski definition) is 2. The Labute approximate surface area is 101 Å². The van der Waals surface area contributed by atoms with E-state index < -0.39 is 0 Å². The average Bonchev–Trinajstić information content (AvgIpc) is 2.56. The third-order valence-corrected chi connectivity index (χ3v) is 2.75. The summed E-state index contributed by atoms with van der Waals surface area (Å²) >= 11 is 0. The van der Waals surface area contributed by atoms with Gasteiger partial charge in [0.15, 0.2) is 5.75 Å². The maximum atomic E-state index is 11.6. The fourth-order valence-electron chi connectivity index (χ4n) is 1.92. The van der Waals surface area contributed by atoms with Gasteiger partial charge in [0.25, 0.3) is 0 Å². The van der Waals surface area contributed by atoms with Crippen LogP contribution in [0.5, 0.6) is 5.75 Å². The van der Waals surface area contributed by atoms with Gasteiger partial charge in [0.2, 0.25) is 0 Å². The summed E-state index contributed by atoms with van der Waals surface area (Å²) < 4.78 is 5.42. The van der Waals surface area contributed by atoms with Crippen molar-refractivity contribution >= 4 is 16.9 Å². The van der Waals surface area contributed by atoms with Crippen LogP contribution in [0.2, 0.25) is 0 Å². The Morgan fingerprint density at radius 1 is 1.35 bits per heavy atom. The van der Waals surface area contributed by atoms with Crippen molar-refractivity contribution < 1.29 is 9.53 Å². The first-order valence-corrected chi connectivity index (χ1v) is 5.91. The zero-order chi connectivity index (χ0) is 12.4. The van der Waals surface area contributed by atoms with Crippen LogP contribution >= 0.6 is 0 Å². The molecule has 3 heteroatoms. The molecule has 0 spiro atoms. The number of hydrogen-bond donors (Lipinski definition) is 1. The zero-order valence-corrected chi connectivity index (χ0v) is 10.5. The third-order valence-electron chi connectivity index (χ3n) is 2.75. The van der Waals surface area contributed by atoms with Crippen LogP contribution in [0.15, 0.2) is 18.2 Å². The summed E-state index contributed by atoms with van der Waals surface area (Å²) in [5.41, 5.74) is 3.06. The first-order valence-electron chi connectivity index (χ1n) is 5.91. The van der Waals surface area contributed by atoms with E-state index in [9.17, 15) is 4.79 Å². The SMILES string of the molecule is CCCC(=O)Oc1c(C)[nH]c2ccc(C)cc12. The van der Waals surface area contributed by atoms with Gasteiger partial charge in [0, 0.05) is 17.3 Å². The molecule has 0 unspecified atom stereocenters. The van der Waals surface area contributed by atoms with Crippen LogP contribution < -0.4 is 4.74 Å². The number of benzene rings is 1. The molecule has 0 saturated carbocycles. The summed E-state index contributed by atoms with van der Waals surface area (Å²) in [6.45, 7) is 5.91. The number of ether oxygens (including phenoxy) is 1. The highest BCUT2D eigenvalue weighted by Crippen LogP contribution is 2.30. The molecule has 0 atom stereocenters. The molecule has 0 saturated heterocycles. The lowest BCUT2D eigenvalue weighted by Gasteiger charge is -2.03. The number of aryl methyl sites for hydroxylation is 2. The van der Waals surface area contributed by atoms with Crippen LogP contribution in [-0.2, 0) is 4.79 Å². The van der Waals surface area contributed by atoms with Crippen molar-refractivity contribution in [2.75, 3.05) is 0 Å². The number of aromatic amines is 1. The van der Waals surface area contributed by atoms with Crippen LogP contribution in [0.1, 0.15) is 31.0 Å². The first-order chi connectivity index (χ1) is 8.11. The maximum absolute atomic E-state index is 11.6. The maximum Gasteiger partial charge on any atom is 0.311 e. The minimum atomic E-state index is -0.169. The summed E-state index contributed by atoms with van der Waals surface area (Å²) in [6.07, 6.45) is 1.26. The number of nitrogens with one attached hydrogen (secondary N) is 1. The summed E-state index contributed by atoms with van der Waals surface area (Å²) in [5, 5.41) is 0.979. The van der Waals surface area contributed by atoms with Gasteiger partial charge in [0.1, 0.15) is 0 Å². The van der Waals surface area contributed by atoms with Gasteiger partial charge in [-0.05, 0) is 32.4 Å². The summed E-state index contributed by atoms with van der Waals surface area (Å²) in [5.74, 6) is 0.500. The minimum absolute atomic E-state index is 0.169. The molecular weight excluding hydrogens is 214 g/mol. The van der Waals surface area contributed by atoms with Crippen LogP contribution in [0.25, 0.3) is 10.9 Å². The quantitative estimate of drug-likeness (QED) is 0.821. The fourth-order valence-corrected chi connectivity index (χ4v) is 1.92. The lowest BCUT2D eigenvalue weighted by molar-refractivity contribution is -0.134. The molecule has 0 bridgehead atoms. The normalized spacial score (nSPS) is 10.8. The highest BCUT2D eigenvalue weighted by Gasteiger charge is 2.13. The van der Waals surface area contributed by atoms with Crippen LogP contribution in [0.3, 0.4) is 0 Å². The van der Waals surface area contributed by atoms with Gasteiger partial charge in [-0.2, -0.15) is 0 Å². The lowest BCUT2D eigenvalue weighted by Crippen LogP contribution is -2.07. The highest BCUT2D eigenvalue weighted by molar-refractivity contribution is 5.90. The molecule has 17 heavy (non-hydrogen) atoms. The second-order valence-corrected chi connectivity index (χ2v) is 4.35. The van der Waals surface area contributed by atoms with E-state index in [0.717, 1.165) is 28.6 Å². The lowest BCUT2D eigenvalue weighted by atomic mass is 10.1. The Hall–Kier alpha value is -1.77. The average molecular weight is 231 g/mol. The van der Waals surface area contributed by atoms with E-state index >= 15 is 0 Å². The second kappa shape index (κ2) is 4.62. The van der Waals surface area contributed by atoms with Gasteiger partial charge in [-0.25, -0.2) is 0 Å². The molecule has 1 heterocycles. The van der Waals surface area contributed by atoms with E-state index in [0.29, 0.717) is 12.2 Å². The largest absolute Gasteiger partial charge is 0.424 e. The number of carbonyl (C=O) groups is 1. The molecule has 1 N–H and O–H groups in total. The molecule has 1 aromatic heterocycles. The van der Waals surface area contributed by atoms with E-state index in [1.807, 2.05) is 39.0 Å². The van der Waals surface area contributed by atoms with Gasteiger partial charge < -0.3 is 9.72 Å². The van der Waals surface area contributed by atoms with E-state index in [1.54, 1.807) is 0 Å².